The summed E-state index contributed by atoms with van der Waals surface area (Å²) in [5.74, 6) is 4.38. The monoisotopic (exact) mass is 1840 g/mol. The highest BCUT2D eigenvalue weighted by molar-refractivity contribution is 5.88. The Labute approximate surface area is 846 Å². The Morgan fingerprint density at radius 3 is 0.375 bits per heavy atom. The van der Waals surface area contributed by atoms with Gasteiger partial charge in [-0.3, -0.25) is 0 Å². The summed E-state index contributed by atoms with van der Waals surface area (Å²) in [5.41, 5.74) is 42.7. The summed E-state index contributed by atoms with van der Waals surface area (Å²) in [6, 6.07) is 199. The zero-order valence-corrected chi connectivity index (χ0v) is 80.4. The minimum absolute atomic E-state index is 0.678. The predicted molar refractivity (Wildman–Crippen MR) is 608 cm³/mol. The molecule has 6 atom stereocenters. The third-order valence-electron chi connectivity index (χ3n) is 29.9. The van der Waals surface area contributed by atoms with E-state index in [1.165, 1.54) is 137 Å². The standard InChI is InChI=1S/C73H56N2.C67H52N2/c1-4-10-53(11-5-1)59-26-38-67(39-27-59)74(68-40-28-60(29-41-68)54-12-6-2-7-13-54)71-46-34-63(35-47-71)64-36-48-72(49-37-64)75(69-42-30-61(31-43-69)55-14-8-3-9-15-55)70-44-32-62(33-45-70)57-20-18-56(19-21-57)58-22-24-65(25-23-58)73-51-52-16-17-66(73)50-52;1-4-10-49(11-5-1)54-26-36-64(37-27-54)69(65-38-28-55(29-39-65)50-12-6-2-7-13-50)66-44-34-58(35-45-66)57-32-42-63(43-33-57)68(61-14-8-3-9-15-61)62-40-30-56(31-41-62)52-20-18-51(19-21-52)53-22-24-59(25-23-53)67-47-48-16-17-60(67)46-48/h1-49,52,66,73H,50-51H2;1-45,48,60,67H,46-47H2. The molecular weight excluding hydrogens is 1740 g/mol. The maximum Gasteiger partial charge on any atom is 0.0462 e. The third kappa shape index (κ3) is 19.1. The van der Waals surface area contributed by atoms with Gasteiger partial charge in [-0.25, -0.2) is 0 Å². The fourth-order valence-corrected chi connectivity index (χ4v) is 22.2. The molecule has 0 spiro atoms. The van der Waals surface area contributed by atoms with Crippen molar-refractivity contribution in [2.45, 2.75) is 37.5 Å². The molecule has 4 bridgehead atoms. The minimum atomic E-state index is 0.678. The van der Waals surface area contributed by atoms with E-state index in [1.807, 2.05) is 0 Å². The van der Waals surface area contributed by atoms with Gasteiger partial charge in [0.15, 0.2) is 0 Å². The first-order valence-corrected chi connectivity index (χ1v) is 50.7. The molecule has 4 nitrogen and oxygen atoms in total. The zero-order chi connectivity index (χ0) is 95.9. The molecule has 4 aliphatic rings. The molecule has 688 valence electrons. The number of para-hydroxylation sites is 1. The van der Waals surface area contributed by atoms with Crippen LogP contribution in [-0.4, -0.2) is 0 Å². The average molecular weight is 1850 g/mol. The van der Waals surface area contributed by atoms with Crippen LogP contribution in [0.4, 0.5) is 68.2 Å². The summed E-state index contributed by atoms with van der Waals surface area (Å²) >= 11 is 0. The first-order chi connectivity index (χ1) is 71.3. The van der Waals surface area contributed by atoms with Crippen LogP contribution in [0.25, 0.3) is 122 Å². The van der Waals surface area contributed by atoms with Crippen molar-refractivity contribution in [2.24, 2.45) is 23.7 Å². The number of nitrogens with zero attached hydrogens (tertiary/aromatic N) is 4. The van der Waals surface area contributed by atoms with Gasteiger partial charge >= 0.3 is 0 Å². The fraction of sp³-hybridized carbons (Fsp3) is 0.0714. The summed E-state index contributed by atoms with van der Waals surface area (Å²) < 4.78 is 0. The van der Waals surface area contributed by atoms with E-state index in [4.69, 9.17) is 0 Å². The van der Waals surface area contributed by atoms with E-state index in [1.54, 1.807) is 0 Å². The van der Waals surface area contributed by atoms with Crippen LogP contribution in [0.3, 0.4) is 0 Å². The maximum absolute atomic E-state index is 2.45. The van der Waals surface area contributed by atoms with Gasteiger partial charge in [0, 0.05) is 68.2 Å². The van der Waals surface area contributed by atoms with Crippen molar-refractivity contribution >= 4 is 68.2 Å². The first-order valence-electron chi connectivity index (χ1n) is 50.7. The van der Waals surface area contributed by atoms with Crippen LogP contribution in [0.1, 0.15) is 48.6 Å². The van der Waals surface area contributed by atoms with Crippen LogP contribution in [0.5, 0.6) is 0 Å². The van der Waals surface area contributed by atoms with Crippen molar-refractivity contribution in [3.05, 3.63) is 581 Å². The summed E-state index contributed by atoms with van der Waals surface area (Å²) in [5, 5.41) is 0. The molecule has 4 heteroatoms. The second-order valence-corrected chi connectivity index (χ2v) is 38.7. The van der Waals surface area contributed by atoms with Gasteiger partial charge in [0.25, 0.3) is 0 Å². The van der Waals surface area contributed by atoms with Crippen LogP contribution < -0.4 is 19.6 Å². The van der Waals surface area contributed by atoms with Gasteiger partial charge < -0.3 is 19.6 Å². The molecular formula is C140H108N4. The minimum Gasteiger partial charge on any atom is -0.311 e. The second-order valence-electron chi connectivity index (χ2n) is 38.7. The number of anilines is 12. The Bertz CT molecular complexity index is 7790. The largest absolute Gasteiger partial charge is 0.311 e. The molecule has 0 radical (unpaired) electrons. The van der Waals surface area contributed by atoms with E-state index in [-0.39, 0.29) is 0 Å². The van der Waals surface area contributed by atoms with Gasteiger partial charge in [0.1, 0.15) is 0 Å². The van der Waals surface area contributed by atoms with Gasteiger partial charge in [-0.2, -0.15) is 0 Å². The topological polar surface area (TPSA) is 13.0 Å². The first kappa shape index (κ1) is 89.0. The van der Waals surface area contributed by atoms with Crippen molar-refractivity contribution in [1.29, 1.82) is 0 Å². The Kier molecular flexibility index (Phi) is 25.1. The van der Waals surface area contributed by atoms with Crippen molar-refractivity contribution < 1.29 is 0 Å². The summed E-state index contributed by atoms with van der Waals surface area (Å²) in [7, 11) is 0. The highest BCUT2D eigenvalue weighted by Gasteiger charge is 2.38. The smallest absolute Gasteiger partial charge is 0.0462 e. The van der Waals surface area contributed by atoms with E-state index in [2.05, 4.69) is 590 Å². The third-order valence-corrected chi connectivity index (χ3v) is 29.9. The van der Waals surface area contributed by atoms with Crippen LogP contribution in [0.15, 0.2) is 570 Å². The molecule has 21 aromatic carbocycles. The molecule has 4 aliphatic carbocycles. The van der Waals surface area contributed by atoms with Crippen LogP contribution in [0, 0.1) is 23.7 Å². The molecule has 144 heavy (non-hydrogen) atoms. The second kappa shape index (κ2) is 40.6. The molecule has 21 aromatic rings. The molecule has 0 aromatic heterocycles. The number of hydrogen-bond acceptors (Lipinski definition) is 4. The van der Waals surface area contributed by atoms with Crippen molar-refractivity contribution in [2.75, 3.05) is 19.6 Å². The molecule has 2 fully saturated rings. The average Bonchev–Trinajstić information content (AvgIpc) is 1.20. The molecule has 6 unspecified atom stereocenters. The molecule has 0 N–H and O–H groups in total. The predicted octanol–water partition coefficient (Wildman–Crippen LogP) is 38.9. The number of allylic oxidation sites excluding steroid dienone is 4. The quantitative estimate of drug-likeness (QED) is 0.0529. The van der Waals surface area contributed by atoms with Crippen LogP contribution in [-0.2, 0) is 0 Å². The Morgan fingerprint density at radius 2 is 0.236 bits per heavy atom. The Balaban J connectivity index is 0.000000155. The van der Waals surface area contributed by atoms with Crippen LogP contribution >= 0.6 is 0 Å². The molecule has 0 saturated heterocycles. The molecule has 2 saturated carbocycles. The maximum atomic E-state index is 2.45. The molecule has 25 rings (SSSR count). The Morgan fingerprint density at radius 1 is 0.111 bits per heavy atom. The van der Waals surface area contributed by atoms with E-state index in [0.29, 0.717) is 11.8 Å². The SMILES string of the molecule is C1=CC2CC1CC2c1ccc(-c2ccc(-c3ccc(N(c4ccc(-c5ccccc5)cc4)c4ccc(-c5ccc(N(c6ccc(-c7ccccc7)cc6)c6ccc(-c7ccccc7)cc6)cc5)cc4)cc3)cc2)cc1.C1=CC2CC1CC2c1ccc(-c2ccc(-c3ccc(N(c4ccccc4)c4ccc(-c5ccc(N(c6ccc(-c7ccccc7)cc6)c6ccc(-c7ccccc7)cc6)cc5)cc4)cc3)cc2)cc1. The Hall–Kier alpha value is -17.7. The fourth-order valence-electron chi connectivity index (χ4n) is 22.2. The van der Waals surface area contributed by atoms with Crippen molar-refractivity contribution in [1.82, 2.24) is 0 Å². The van der Waals surface area contributed by atoms with Gasteiger partial charge in [-0.1, -0.05) is 425 Å². The van der Waals surface area contributed by atoms with Gasteiger partial charge in [0.05, 0.1) is 0 Å². The zero-order valence-electron chi connectivity index (χ0n) is 80.4. The number of hydrogen-bond donors (Lipinski definition) is 0. The van der Waals surface area contributed by atoms with E-state index in [0.717, 1.165) is 114 Å². The lowest BCUT2D eigenvalue weighted by Gasteiger charge is -2.27. The van der Waals surface area contributed by atoms with Gasteiger partial charge in [-0.05, 0) is 340 Å². The van der Waals surface area contributed by atoms with E-state index >= 15 is 0 Å². The molecule has 0 aliphatic heterocycles. The van der Waals surface area contributed by atoms with Crippen molar-refractivity contribution in [3.8, 4) is 122 Å². The van der Waals surface area contributed by atoms with E-state index in [9.17, 15) is 0 Å². The number of fused-ring (bicyclic) bond motifs is 4. The lowest BCUT2D eigenvalue weighted by atomic mass is 9.86. The lowest BCUT2D eigenvalue weighted by molar-refractivity contribution is 0.586. The number of rotatable bonds is 25. The normalized spacial score (nSPS) is 15.6. The van der Waals surface area contributed by atoms with Crippen molar-refractivity contribution in [3.63, 3.8) is 0 Å². The summed E-state index contributed by atoms with van der Waals surface area (Å²) in [4.78, 5) is 9.37. The summed E-state index contributed by atoms with van der Waals surface area (Å²) in [6.07, 6.45) is 15.0. The van der Waals surface area contributed by atoms with Crippen LogP contribution in [0.2, 0.25) is 0 Å². The highest BCUT2D eigenvalue weighted by Crippen LogP contribution is 2.52. The van der Waals surface area contributed by atoms with E-state index < -0.39 is 0 Å². The lowest BCUT2D eigenvalue weighted by Crippen LogP contribution is -2.10. The molecule has 0 heterocycles. The number of benzene rings is 21. The van der Waals surface area contributed by atoms with Gasteiger partial charge in [0.2, 0.25) is 0 Å². The van der Waals surface area contributed by atoms with Gasteiger partial charge in [-0.15, -0.1) is 0 Å². The highest BCUT2D eigenvalue weighted by atomic mass is 15.2. The summed E-state index contributed by atoms with van der Waals surface area (Å²) in [6.45, 7) is 0. The molecule has 0 amide bonds.